The number of benzene rings is 1. The normalized spacial score (nSPS) is 10.5. The number of carbonyl (C=O) groups is 1. The van der Waals surface area contributed by atoms with Crippen LogP contribution in [0.3, 0.4) is 0 Å². The van der Waals surface area contributed by atoms with E-state index < -0.39 is 5.97 Å². The second-order valence-electron chi connectivity index (χ2n) is 4.49. The van der Waals surface area contributed by atoms with Gasteiger partial charge in [-0.25, -0.2) is 9.78 Å². The van der Waals surface area contributed by atoms with E-state index in [9.17, 15) is 9.90 Å². The van der Waals surface area contributed by atoms with E-state index >= 15 is 0 Å². The Hall–Kier alpha value is -2.30. The van der Waals surface area contributed by atoms with E-state index in [0.29, 0.717) is 22.8 Å². The van der Waals surface area contributed by atoms with Gasteiger partial charge in [-0.1, -0.05) is 0 Å². The molecule has 0 radical (unpaired) electrons. The highest BCUT2D eigenvalue weighted by Gasteiger charge is 2.20. The molecular weight excluding hydrogens is 244 g/mol. The lowest BCUT2D eigenvalue weighted by atomic mass is 10.0. The van der Waals surface area contributed by atoms with Gasteiger partial charge in [-0.3, -0.25) is 0 Å². The molecule has 1 aromatic carbocycles. The summed E-state index contributed by atoms with van der Waals surface area (Å²) in [6.45, 7) is 5.68. The predicted molar refractivity (Wildman–Crippen MR) is 71.7 cm³/mol. The maximum atomic E-state index is 11.2. The van der Waals surface area contributed by atoms with Crippen molar-refractivity contribution in [1.82, 2.24) is 9.97 Å². The number of aromatic amines is 1. The van der Waals surface area contributed by atoms with Gasteiger partial charge in [0.1, 0.15) is 17.3 Å². The van der Waals surface area contributed by atoms with Gasteiger partial charge in [-0.05, 0) is 44.0 Å². The fraction of sp³-hybridized carbons (Fsp3) is 0.286. The third kappa shape index (κ3) is 2.31. The van der Waals surface area contributed by atoms with Gasteiger partial charge in [-0.15, -0.1) is 0 Å². The number of methoxy groups -OCH3 is 1. The summed E-state index contributed by atoms with van der Waals surface area (Å²) in [7, 11) is 1.56. The van der Waals surface area contributed by atoms with Crippen molar-refractivity contribution in [3.63, 3.8) is 0 Å². The summed E-state index contributed by atoms with van der Waals surface area (Å²) in [4.78, 5) is 18.3. The van der Waals surface area contributed by atoms with Gasteiger partial charge in [0.15, 0.2) is 5.69 Å². The lowest BCUT2D eigenvalue weighted by Crippen LogP contribution is -2.01. The van der Waals surface area contributed by atoms with Gasteiger partial charge in [0.05, 0.1) is 7.11 Å². The third-order valence-corrected chi connectivity index (χ3v) is 3.11. The van der Waals surface area contributed by atoms with Crippen LogP contribution >= 0.6 is 0 Å². The maximum Gasteiger partial charge on any atom is 0.354 e. The van der Waals surface area contributed by atoms with E-state index in [1.165, 1.54) is 0 Å². The molecule has 5 nitrogen and oxygen atoms in total. The Morgan fingerprint density at radius 1 is 1.26 bits per heavy atom. The van der Waals surface area contributed by atoms with Gasteiger partial charge in [0, 0.05) is 5.56 Å². The Bertz CT molecular complexity index is 644. The summed E-state index contributed by atoms with van der Waals surface area (Å²) in [6, 6.07) is 3.79. The van der Waals surface area contributed by atoms with Crippen LogP contribution in [0, 0.1) is 20.8 Å². The minimum atomic E-state index is -1.03. The van der Waals surface area contributed by atoms with Gasteiger partial charge in [0.2, 0.25) is 0 Å². The van der Waals surface area contributed by atoms with Crippen LogP contribution in [0.1, 0.15) is 27.4 Å². The van der Waals surface area contributed by atoms with Crippen molar-refractivity contribution >= 4 is 5.97 Å². The Labute approximate surface area is 111 Å². The number of carboxylic acid groups (broad SMARTS) is 1. The van der Waals surface area contributed by atoms with Crippen molar-refractivity contribution in [3.05, 3.63) is 34.8 Å². The lowest BCUT2D eigenvalue weighted by molar-refractivity contribution is 0.0692. The Morgan fingerprint density at radius 2 is 1.89 bits per heavy atom. The molecule has 2 aromatic rings. The molecule has 0 saturated carbocycles. The molecule has 100 valence electrons. The highest BCUT2D eigenvalue weighted by molar-refractivity contribution is 5.94. The molecule has 2 N–H and O–H groups in total. The first-order valence-corrected chi connectivity index (χ1v) is 5.89. The topological polar surface area (TPSA) is 75.2 Å². The first-order valence-electron chi connectivity index (χ1n) is 5.89. The number of imidazole rings is 1. The summed E-state index contributed by atoms with van der Waals surface area (Å²) < 4.78 is 5.33. The number of rotatable bonds is 3. The molecule has 2 rings (SSSR count). The maximum absolute atomic E-state index is 11.2. The van der Waals surface area contributed by atoms with E-state index in [1.807, 2.05) is 26.0 Å². The summed E-state index contributed by atoms with van der Waals surface area (Å²) in [5.74, 6) is 0.153. The molecule has 0 amide bonds. The monoisotopic (exact) mass is 260 g/mol. The molecule has 1 heterocycles. The van der Waals surface area contributed by atoms with Crippen LogP contribution in [-0.2, 0) is 0 Å². The second-order valence-corrected chi connectivity index (χ2v) is 4.49. The first-order chi connectivity index (χ1) is 8.93. The SMILES string of the molecule is COc1cc(C)c(C)cc1-c1nc(C)[nH]c1C(=O)O. The van der Waals surface area contributed by atoms with Crippen molar-refractivity contribution in [3.8, 4) is 17.0 Å². The number of nitrogens with one attached hydrogen (secondary N) is 1. The quantitative estimate of drug-likeness (QED) is 0.889. The Morgan fingerprint density at radius 3 is 2.47 bits per heavy atom. The zero-order chi connectivity index (χ0) is 14.2. The lowest BCUT2D eigenvalue weighted by Gasteiger charge is -2.10. The van der Waals surface area contributed by atoms with Crippen LogP contribution in [0.25, 0.3) is 11.3 Å². The molecule has 0 fully saturated rings. The summed E-state index contributed by atoms with van der Waals surface area (Å²) in [5, 5.41) is 9.22. The van der Waals surface area contributed by atoms with Crippen molar-refractivity contribution in [2.24, 2.45) is 0 Å². The number of ether oxygens (including phenoxy) is 1. The van der Waals surface area contributed by atoms with Crippen molar-refractivity contribution in [2.45, 2.75) is 20.8 Å². The Kier molecular flexibility index (Phi) is 3.29. The van der Waals surface area contributed by atoms with E-state index in [-0.39, 0.29) is 5.69 Å². The average molecular weight is 260 g/mol. The molecule has 5 heteroatoms. The summed E-state index contributed by atoms with van der Waals surface area (Å²) >= 11 is 0. The number of hydrogen-bond donors (Lipinski definition) is 2. The van der Waals surface area contributed by atoms with Crippen LogP contribution in [-0.4, -0.2) is 28.2 Å². The van der Waals surface area contributed by atoms with Crippen molar-refractivity contribution in [2.75, 3.05) is 7.11 Å². The zero-order valence-electron chi connectivity index (χ0n) is 11.4. The summed E-state index contributed by atoms with van der Waals surface area (Å²) in [6.07, 6.45) is 0. The number of nitrogens with zero attached hydrogens (tertiary/aromatic N) is 1. The fourth-order valence-electron chi connectivity index (χ4n) is 1.98. The van der Waals surface area contributed by atoms with E-state index in [4.69, 9.17) is 4.74 Å². The average Bonchev–Trinajstić information content (AvgIpc) is 2.74. The Balaban J connectivity index is 2.71. The molecule has 0 saturated heterocycles. The molecule has 0 spiro atoms. The highest BCUT2D eigenvalue weighted by Crippen LogP contribution is 2.33. The van der Waals surface area contributed by atoms with E-state index in [0.717, 1.165) is 11.1 Å². The minimum absolute atomic E-state index is 0.0825. The number of carboxylic acids is 1. The molecule has 19 heavy (non-hydrogen) atoms. The number of H-pyrrole nitrogens is 1. The molecule has 0 unspecified atom stereocenters. The van der Waals surface area contributed by atoms with Gasteiger partial charge < -0.3 is 14.8 Å². The molecule has 1 aromatic heterocycles. The third-order valence-electron chi connectivity index (χ3n) is 3.11. The number of aromatic nitrogens is 2. The van der Waals surface area contributed by atoms with Crippen LogP contribution in [0.15, 0.2) is 12.1 Å². The van der Waals surface area contributed by atoms with Crippen molar-refractivity contribution < 1.29 is 14.6 Å². The van der Waals surface area contributed by atoms with Crippen LogP contribution in [0.5, 0.6) is 5.75 Å². The number of aromatic carboxylic acids is 1. The molecule has 0 aliphatic carbocycles. The van der Waals surface area contributed by atoms with E-state index in [1.54, 1.807) is 14.0 Å². The van der Waals surface area contributed by atoms with Gasteiger partial charge >= 0.3 is 5.97 Å². The zero-order valence-corrected chi connectivity index (χ0v) is 11.4. The first kappa shape index (κ1) is 13.1. The van der Waals surface area contributed by atoms with Gasteiger partial charge in [-0.2, -0.15) is 0 Å². The molecule has 0 aliphatic rings. The fourth-order valence-corrected chi connectivity index (χ4v) is 1.98. The van der Waals surface area contributed by atoms with Crippen molar-refractivity contribution in [1.29, 1.82) is 0 Å². The second kappa shape index (κ2) is 4.76. The standard InChI is InChI=1S/C14H16N2O3/c1-7-5-10(11(19-4)6-8(7)2)12-13(14(17)18)16-9(3)15-12/h5-6H,1-4H3,(H,15,16)(H,17,18). The molecule has 0 atom stereocenters. The summed E-state index contributed by atoms with van der Waals surface area (Å²) in [5.41, 5.74) is 3.33. The molecule has 0 aliphatic heterocycles. The van der Waals surface area contributed by atoms with Crippen LogP contribution in [0.4, 0.5) is 0 Å². The van der Waals surface area contributed by atoms with Gasteiger partial charge in [0.25, 0.3) is 0 Å². The smallest absolute Gasteiger partial charge is 0.354 e. The molecular formula is C14H16N2O3. The van der Waals surface area contributed by atoms with E-state index in [2.05, 4.69) is 9.97 Å². The largest absolute Gasteiger partial charge is 0.496 e. The predicted octanol–water partition coefficient (Wildman–Crippen LogP) is 2.71. The number of hydrogen-bond acceptors (Lipinski definition) is 3. The van der Waals surface area contributed by atoms with Crippen LogP contribution < -0.4 is 4.74 Å². The van der Waals surface area contributed by atoms with Crippen LogP contribution in [0.2, 0.25) is 0 Å². The molecule has 0 bridgehead atoms. The number of aryl methyl sites for hydroxylation is 3. The highest BCUT2D eigenvalue weighted by atomic mass is 16.5. The minimum Gasteiger partial charge on any atom is -0.496 e.